The molecule has 0 spiro atoms. The molecule has 0 radical (unpaired) electrons. The van der Waals surface area contributed by atoms with Crippen molar-refractivity contribution in [2.24, 2.45) is 7.05 Å². The Morgan fingerprint density at radius 1 is 0.967 bits per heavy atom. The molecule has 3 atom stereocenters. The van der Waals surface area contributed by atoms with E-state index in [9.17, 15) is 0 Å². The number of benzene rings is 1. The van der Waals surface area contributed by atoms with Crippen LogP contribution in [0.2, 0.25) is 0 Å². The number of fused-ring (bicyclic) bond motifs is 3. The summed E-state index contributed by atoms with van der Waals surface area (Å²) >= 11 is 0. The Morgan fingerprint density at radius 3 is 2.53 bits per heavy atom. The highest BCUT2D eigenvalue weighted by atomic mass is 16.5. The minimum atomic E-state index is 0.217. The summed E-state index contributed by atoms with van der Waals surface area (Å²) in [4.78, 5) is 1.55. The predicted molar refractivity (Wildman–Crippen MR) is 111 cm³/mol. The highest BCUT2D eigenvalue weighted by molar-refractivity contribution is 6.01. The molecule has 3 aromatic heterocycles. The summed E-state index contributed by atoms with van der Waals surface area (Å²) in [6.07, 6.45) is 8.35. The Bertz CT molecular complexity index is 1190. The van der Waals surface area contributed by atoms with E-state index in [1.165, 1.54) is 12.8 Å². The second-order valence-electron chi connectivity index (χ2n) is 8.14. The van der Waals surface area contributed by atoms with Crippen molar-refractivity contribution in [1.82, 2.24) is 40.7 Å². The van der Waals surface area contributed by atoms with E-state index in [2.05, 4.69) is 35.9 Å². The molecular formula is C21H22N8O. The molecule has 2 N–H and O–H groups in total. The zero-order valence-corrected chi connectivity index (χ0v) is 16.6. The van der Waals surface area contributed by atoms with Crippen LogP contribution in [0.1, 0.15) is 25.7 Å². The second-order valence-corrected chi connectivity index (χ2v) is 8.14. The summed E-state index contributed by atoms with van der Waals surface area (Å²) < 4.78 is 6.13. The first kappa shape index (κ1) is 17.5. The summed E-state index contributed by atoms with van der Waals surface area (Å²) in [7, 11) is 1.80. The number of rotatable bonds is 4. The van der Waals surface area contributed by atoms with Crippen LogP contribution in [-0.2, 0) is 7.05 Å². The SMILES string of the molecule is Cn1ncc(-c2ccc(-c3ccc(OC4C[C@H]5CC[C@@H](C4)N5)nn3)c3[nH]ncc23)n1. The smallest absolute Gasteiger partial charge is 0.233 e. The number of nitrogens with one attached hydrogen (secondary N) is 2. The van der Waals surface area contributed by atoms with Crippen LogP contribution in [0.3, 0.4) is 0 Å². The molecule has 9 nitrogen and oxygen atoms in total. The molecule has 30 heavy (non-hydrogen) atoms. The molecule has 2 aliphatic heterocycles. The Balaban J connectivity index is 1.27. The highest BCUT2D eigenvalue weighted by Gasteiger charge is 2.34. The molecule has 0 aliphatic carbocycles. The van der Waals surface area contributed by atoms with Crippen molar-refractivity contribution in [2.75, 3.05) is 0 Å². The summed E-state index contributed by atoms with van der Waals surface area (Å²) in [6.45, 7) is 0. The minimum absolute atomic E-state index is 0.217. The highest BCUT2D eigenvalue weighted by Crippen LogP contribution is 2.33. The fraction of sp³-hybridized carbons (Fsp3) is 0.381. The van der Waals surface area contributed by atoms with E-state index in [1.807, 2.05) is 24.3 Å². The van der Waals surface area contributed by atoms with Crippen LogP contribution in [-0.4, -0.2) is 53.6 Å². The standard InChI is InChI=1S/C21H22N8O/c1-29-23-11-19(28-29)15-4-5-16(21-17(15)10-22-27-21)18-6-7-20(26-25-18)30-14-8-12-2-3-13(9-14)24-12/h4-7,10-14,24H,2-3,8-9H2,1H3,(H,22,27)/t12-,13+,14?. The maximum Gasteiger partial charge on any atom is 0.233 e. The number of nitrogens with zero attached hydrogens (tertiary/aromatic N) is 6. The number of aromatic nitrogens is 7. The van der Waals surface area contributed by atoms with Crippen molar-refractivity contribution in [3.63, 3.8) is 0 Å². The first-order chi connectivity index (χ1) is 14.7. The summed E-state index contributed by atoms with van der Waals surface area (Å²) in [6, 6.07) is 9.07. The summed E-state index contributed by atoms with van der Waals surface area (Å²) in [5.74, 6) is 0.585. The fourth-order valence-corrected chi connectivity index (χ4v) is 4.74. The van der Waals surface area contributed by atoms with Crippen molar-refractivity contribution in [2.45, 2.75) is 43.9 Å². The van der Waals surface area contributed by atoms with Gasteiger partial charge in [-0.25, -0.2) is 0 Å². The zero-order valence-electron chi connectivity index (χ0n) is 16.6. The number of piperidine rings is 1. The maximum absolute atomic E-state index is 6.13. The van der Waals surface area contributed by atoms with E-state index in [0.29, 0.717) is 18.0 Å². The van der Waals surface area contributed by atoms with Crippen LogP contribution in [0.5, 0.6) is 5.88 Å². The average molecular weight is 402 g/mol. The zero-order chi connectivity index (χ0) is 20.1. The lowest BCUT2D eigenvalue weighted by Gasteiger charge is -2.28. The Labute approximate surface area is 172 Å². The van der Waals surface area contributed by atoms with Crippen LogP contribution in [0, 0.1) is 0 Å². The van der Waals surface area contributed by atoms with Crippen molar-refractivity contribution >= 4 is 10.9 Å². The van der Waals surface area contributed by atoms with Gasteiger partial charge in [-0.05, 0) is 37.8 Å². The average Bonchev–Trinajstić information content (AvgIpc) is 3.48. The maximum atomic E-state index is 6.13. The Morgan fingerprint density at radius 2 is 1.80 bits per heavy atom. The second kappa shape index (κ2) is 6.88. The van der Waals surface area contributed by atoms with Gasteiger partial charge >= 0.3 is 0 Å². The van der Waals surface area contributed by atoms with Gasteiger partial charge in [0.1, 0.15) is 11.8 Å². The Hall–Kier alpha value is -3.33. The van der Waals surface area contributed by atoms with Gasteiger partial charge in [-0.3, -0.25) is 5.10 Å². The molecule has 1 unspecified atom stereocenters. The molecule has 0 saturated carbocycles. The first-order valence-corrected chi connectivity index (χ1v) is 10.3. The number of H-pyrrole nitrogens is 1. The van der Waals surface area contributed by atoms with Crippen LogP contribution in [0.15, 0.2) is 36.7 Å². The van der Waals surface area contributed by atoms with Gasteiger partial charge in [-0.2, -0.15) is 20.1 Å². The number of hydrogen-bond acceptors (Lipinski definition) is 7. The van der Waals surface area contributed by atoms with E-state index in [0.717, 1.165) is 46.3 Å². The molecule has 2 bridgehead atoms. The van der Waals surface area contributed by atoms with Gasteiger partial charge in [0.25, 0.3) is 0 Å². The van der Waals surface area contributed by atoms with Gasteiger partial charge in [-0.15, -0.1) is 10.2 Å². The van der Waals surface area contributed by atoms with Gasteiger partial charge in [0.05, 0.1) is 23.6 Å². The van der Waals surface area contributed by atoms with E-state index >= 15 is 0 Å². The third kappa shape index (κ3) is 3.02. The third-order valence-electron chi connectivity index (χ3n) is 6.12. The molecule has 1 aromatic carbocycles. The third-order valence-corrected chi connectivity index (χ3v) is 6.12. The summed E-state index contributed by atoms with van der Waals surface area (Å²) in [5, 5.41) is 29.3. The lowest BCUT2D eigenvalue weighted by atomic mass is 10.0. The molecule has 5 heterocycles. The van der Waals surface area contributed by atoms with Gasteiger partial charge in [0.2, 0.25) is 5.88 Å². The van der Waals surface area contributed by atoms with E-state index in [-0.39, 0.29) is 6.10 Å². The monoisotopic (exact) mass is 402 g/mol. The quantitative estimate of drug-likeness (QED) is 0.540. The number of ether oxygens (including phenoxy) is 1. The Kier molecular flexibility index (Phi) is 4.02. The predicted octanol–water partition coefficient (Wildman–Crippen LogP) is 2.48. The van der Waals surface area contributed by atoms with Crippen molar-refractivity contribution in [3.8, 4) is 28.4 Å². The molecule has 152 valence electrons. The lowest BCUT2D eigenvalue weighted by Crippen LogP contribution is -2.42. The van der Waals surface area contributed by atoms with Gasteiger partial charge in [0, 0.05) is 41.7 Å². The molecule has 6 rings (SSSR count). The number of hydrogen-bond donors (Lipinski definition) is 2. The van der Waals surface area contributed by atoms with E-state index < -0.39 is 0 Å². The van der Waals surface area contributed by atoms with Crippen LogP contribution < -0.4 is 10.1 Å². The minimum Gasteiger partial charge on any atom is -0.473 e. The van der Waals surface area contributed by atoms with Crippen molar-refractivity contribution in [3.05, 3.63) is 36.7 Å². The molecule has 9 heteroatoms. The number of aromatic amines is 1. The molecule has 2 fully saturated rings. The van der Waals surface area contributed by atoms with Gasteiger partial charge < -0.3 is 10.1 Å². The van der Waals surface area contributed by atoms with E-state index in [4.69, 9.17) is 4.74 Å². The number of aryl methyl sites for hydroxylation is 1. The molecule has 2 saturated heterocycles. The van der Waals surface area contributed by atoms with Gasteiger partial charge in [-0.1, -0.05) is 6.07 Å². The topological polar surface area (TPSA) is 106 Å². The molecule has 0 amide bonds. The lowest BCUT2D eigenvalue weighted by molar-refractivity contribution is 0.130. The van der Waals surface area contributed by atoms with Crippen molar-refractivity contribution in [1.29, 1.82) is 0 Å². The molecule has 4 aromatic rings. The van der Waals surface area contributed by atoms with Crippen LogP contribution >= 0.6 is 0 Å². The largest absolute Gasteiger partial charge is 0.473 e. The molecule has 2 aliphatic rings. The van der Waals surface area contributed by atoms with Crippen LogP contribution in [0.25, 0.3) is 33.4 Å². The summed E-state index contributed by atoms with van der Waals surface area (Å²) in [5.41, 5.74) is 4.39. The van der Waals surface area contributed by atoms with Crippen molar-refractivity contribution < 1.29 is 4.74 Å². The normalized spacial score (nSPS) is 23.2. The van der Waals surface area contributed by atoms with E-state index in [1.54, 1.807) is 24.2 Å². The fourth-order valence-electron chi connectivity index (χ4n) is 4.74. The van der Waals surface area contributed by atoms with Gasteiger partial charge in [0.15, 0.2) is 0 Å². The first-order valence-electron chi connectivity index (χ1n) is 10.3. The van der Waals surface area contributed by atoms with Crippen LogP contribution in [0.4, 0.5) is 0 Å². The molecular weight excluding hydrogens is 380 g/mol.